The lowest BCUT2D eigenvalue weighted by Crippen LogP contribution is -1.99. The first kappa shape index (κ1) is 9.59. The maximum absolute atomic E-state index is 10.8. The van der Waals surface area contributed by atoms with Crippen LogP contribution in [0.3, 0.4) is 0 Å². The summed E-state index contributed by atoms with van der Waals surface area (Å²) in [5.41, 5.74) is 2.00. The van der Waals surface area contributed by atoms with Gasteiger partial charge in [-0.15, -0.1) is 0 Å². The van der Waals surface area contributed by atoms with Crippen molar-refractivity contribution in [1.29, 1.82) is 0 Å². The number of aromatic carboxylic acids is 1. The summed E-state index contributed by atoms with van der Waals surface area (Å²) in [4.78, 5) is 14.9. The van der Waals surface area contributed by atoms with Crippen molar-refractivity contribution in [1.82, 2.24) is 14.6 Å². The third-order valence-corrected chi connectivity index (χ3v) is 2.39. The van der Waals surface area contributed by atoms with E-state index in [1.165, 1.54) is 10.6 Å². The van der Waals surface area contributed by atoms with Gasteiger partial charge >= 0.3 is 5.97 Å². The SMILES string of the molecule is O=C(O)c1cc2nccc(-c3ccoc3)n2n1. The molecule has 0 saturated carbocycles. The van der Waals surface area contributed by atoms with E-state index < -0.39 is 5.97 Å². The Kier molecular flexibility index (Phi) is 1.94. The van der Waals surface area contributed by atoms with Gasteiger partial charge in [0, 0.05) is 17.8 Å². The van der Waals surface area contributed by atoms with Crippen LogP contribution in [-0.2, 0) is 0 Å². The zero-order valence-corrected chi connectivity index (χ0v) is 8.57. The van der Waals surface area contributed by atoms with Crippen LogP contribution >= 0.6 is 0 Å². The predicted octanol–water partition coefficient (Wildman–Crippen LogP) is 1.69. The maximum atomic E-state index is 10.8. The molecule has 0 atom stereocenters. The van der Waals surface area contributed by atoms with Crippen LogP contribution in [0, 0.1) is 0 Å². The first-order valence-electron chi connectivity index (χ1n) is 4.86. The average molecular weight is 229 g/mol. The van der Waals surface area contributed by atoms with E-state index in [0.29, 0.717) is 5.65 Å². The summed E-state index contributed by atoms with van der Waals surface area (Å²) in [6.45, 7) is 0. The fourth-order valence-electron chi connectivity index (χ4n) is 1.63. The van der Waals surface area contributed by atoms with E-state index >= 15 is 0 Å². The Morgan fingerprint density at radius 1 is 1.41 bits per heavy atom. The van der Waals surface area contributed by atoms with E-state index in [2.05, 4.69) is 10.1 Å². The standard InChI is InChI=1S/C11H7N3O3/c15-11(16)8-5-10-12-3-1-9(14(10)13-8)7-2-4-17-6-7/h1-6H,(H,15,16). The molecule has 3 aromatic heterocycles. The van der Waals surface area contributed by atoms with Crippen LogP contribution in [-0.4, -0.2) is 25.7 Å². The number of hydrogen-bond acceptors (Lipinski definition) is 4. The molecule has 84 valence electrons. The summed E-state index contributed by atoms with van der Waals surface area (Å²) in [7, 11) is 0. The van der Waals surface area contributed by atoms with Gasteiger partial charge in [0.05, 0.1) is 18.2 Å². The van der Waals surface area contributed by atoms with Crippen LogP contribution in [0.4, 0.5) is 0 Å². The number of carboxylic acid groups (broad SMARTS) is 1. The molecule has 6 heteroatoms. The molecule has 3 aromatic rings. The van der Waals surface area contributed by atoms with Gasteiger partial charge in [0.2, 0.25) is 0 Å². The molecule has 0 unspecified atom stereocenters. The summed E-state index contributed by atoms with van der Waals surface area (Å²) >= 11 is 0. The minimum atomic E-state index is -1.08. The molecule has 0 aromatic carbocycles. The average Bonchev–Trinajstić information content (AvgIpc) is 2.97. The smallest absolute Gasteiger partial charge is 0.356 e. The molecule has 0 bridgehead atoms. The summed E-state index contributed by atoms with van der Waals surface area (Å²) < 4.78 is 6.47. The van der Waals surface area contributed by atoms with E-state index in [0.717, 1.165) is 11.3 Å². The van der Waals surface area contributed by atoms with Gasteiger partial charge in [0.25, 0.3) is 0 Å². The number of carbonyl (C=O) groups is 1. The molecule has 3 heterocycles. The summed E-state index contributed by atoms with van der Waals surface area (Å²) in [5.74, 6) is -1.08. The van der Waals surface area contributed by atoms with E-state index in [1.54, 1.807) is 30.9 Å². The Bertz CT molecular complexity index is 685. The molecule has 0 radical (unpaired) electrons. The number of rotatable bonds is 2. The third-order valence-electron chi connectivity index (χ3n) is 2.39. The topological polar surface area (TPSA) is 80.6 Å². The summed E-state index contributed by atoms with van der Waals surface area (Å²) in [6.07, 6.45) is 4.71. The van der Waals surface area contributed by atoms with E-state index in [-0.39, 0.29) is 5.69 Å². The van der Waals surface area contributed by atoms with Gasteiger partial charge in [0.15, 0.2) is 11.3 Å². The second-order valence-corrected chi connectivity index (χ2v) is 3.45. The van der Waals surface area contributed by atoms with Crippen molar-refractivity contribution in [2.45, 2.75) is 0 Å². The normalized spacial score (nSPS) is 10.8. The lowest BCUT2D eigenvalue weighted by Gasteiger charge is -1.99. The highest BCUT2D eigenvalue weighted by Crippen LogP contribution is 2.20. The summed E-state index contributed by atoms with van der Waals surface area (Å²) in [5, 5.41) is 12.9. The van der Waals surface area contributed by atoms with Gasteiger partial charge in [-0.25, -0.2) is 14.3 Å². The van der Waals surface area contributed by atoms with Gasteiger partial charge in [-0.1, -0.05) is 0 Å². The molecule has 1 N–H and O–H groups in total. The number of hydrogen-bond donors (Lipinski definition) is 1. The van der Waals surface area contributed by atoms with Crippen LogP contribution in [0.25, 0.3) is 16.9 Å². The lowest BCUT2D eigenvalue weighted by molar-refractivity contribution is 0.0690. The van der Waals surface area contributed by atoms with Crippen molar-refractivity contribution in [3.8, 4) is 11.3 Å². The summed E-state index contributed by atoms with van der Waals surface area (Å²) in [6, 6.07) is 4.94. The van der Waals surface area contributed by atoms with Crippen LogP contribution in [0.5, 0.6) is 0 Å². The van der Waals surface area contributed by atoms with E-state index in [9.17, 15) is 4.79 Å². The highest BCUT2D eigenvalue weighted by molar-refractivity contribution is 5.86. The molecule has 0 aliphatic carbocycles. The van der Waals surface area contributed by atoms with Crippen molar-refractivity contribution < 1.29 is 14.3 Å². The predicted molar refractivity (Wildman–Crippen MR) is 57.6 cm³/mol. The third kappa shape index (κ3) is 1.46. The monoisotopic (exact) mass is 229 g/mol. The Labute approximate surface area is 95.1 Å². The van der Waals surface area contributed by atoms with Crippen LogP contribution in [0.2, 0.25) is 0 Å². The molecule has 0 aliphatic rings. The van der Waals surface area contributed by atoms with Gasteiger partial charge in [-0.3, -0.25) is 0 Å². The number of furan rings is 1. The number of aromatic nitrogens is 3. The van der Waals surface area contributed by atoms with Crippen molar-refractivity contribution >= 4 is 11.6 Å². The minimum Gasteiger partial charge on any atom is -0.476 e. The molecule has 0 amide bonds. The zero-order chi connectivity index (χ0) is 11.8. The largest absolute Gasteiger partial charge is 0.476 e. The van der Waals surface area contributed by atoms with Crippen LogP contribution in [0.15, 0.2) is 41.3 Å². The number of fused-ring (bicyclic) bond motifs is 1. The molecular weight excluding hydrogens is 222 g/mol. The van der Waals surface area contributed by atoms with Crippen molar-refractivity contribution in [2.24, 2.45) is 0 Å². The minimum absolute atomic E-state index is 0.0338. The quantitative estimate of drug-likeness (QED) is 0.723. The molecule has 17 heavy (non-hydrogen) atoms. The maximum Gasteiger partial charge on any atom is 0.356 e. The molecule has 0 spiro atoms. The Hall–Kier alpha value is -2.63. The lowest BCUT2D eigenvalue weighted by atomic mass is 10.2. The first-order chi connectivity index (χ1) is 8.25. The molecule has 0 aliphatic heterocycles. The molecule has 6 nitrogen and oxygen atoms in total. The van der Waals surface area contributed by atoms with Gasteiger partial charge in [-0.2, -0.15) is 5.10 Å². The Morgan fingerprint density at radius 3 is 3.00 bits per heavy atom. The Balaban J connectivity index is 2.29. The highest BCUT2D eigenvalue weighted by atomic mass is 16.4. The second-order valence-electron chi connectivity index (χ2n) is 3.45. The zero-order valence-electron chi connectivity index (χ0n) is 8.57. The van der Waals surface area contributed by atoms with Crippen LogP contribution in [0.1, 0.15) is 10.5 Å². The van der Waals surface area contributed by atoms with Gasteiger partial charge < -0.3 is 9.52 Å². The molecule has 0 fully saturated rings. The highest BCUT2D eigenvalue weighted by Gasteiger charge is 2.12. The molecule has 0 saturated heterocycles. The number of nitrogens with zero attached hydrogens (tertiary/aromatic N) is 3. The molecule has 3 rings (SSSR count). The van der Waals surface area contributed by atoms with Crippen LogP contribution < -0.4 is 0 Å². The van der Waals surface area contributed by atoms with Crippen molar-refractivity contribution in [2.75, 3.05) is 0 Å². The van der Waals surface area contributed by atoms with Gasteiger partial charge in [0.1, 0.15) is 0 Å². The van der Waals surface area contributed by atoms with Crippen molar-refractivity contribution in [3.63, 3.8) is 0 Å². The fourth-order valence-corrected chi connectivity index (χ4v) is 1.63. The Morgan fingerprint density at radius 2 is 2.29 bits per heavy atom. The van der Waals surface area contributed by atoms with E-state index in [4.69, 9.17) is 9.52 Å². The molecular formula is C11H7N3O3. The van der Waals surface area contributed by atoms with Crippen molar-refractivity contribution in [3.05, 3.63) is 42.6 Å². The second kappa shape index (κ2) is 3.44. The number of carboxylic acids is 1. The fraction of sp³-hybridized carbons (Fsp3) is 0. The van der Waals surface area contributed by atoms with E-state index in [1.807, 2.05) is 0 Å². The first-order valence-corrected chi connectivity index (χ1v) is 4.86. The van der Waals surface area contributed by atoms with Gasteiger partial charge in [-0.05, 0) is 12.1 Å².